The molecule has 0 aliphatic carbocycles. The lowest BCUT2D eigenvalue weighted by atomic mass is 10.2. The molecule has 1 aromatic carbocycles. The molecule has 0 aliphatic heterocycles. The van der Waals surface area contributed by atoms with Crippen LogP contribution in [-0.4, -0.2) is 28.0 Å². The second kappa shape index (κ2) is 6.19. The summed E-state index contributed by atoms with van der Waals surface area (Å²) < 4.78 is 0. The minimum Gasteiger partial charge on any atom is -0.393 e. The highest BCUT2D eigenvalue weighted by atomic mass is 16.7. The third kappa shape index (κ3) is 3.35. The van der Waals surface area contributed by atoms with E-state index in [2.05, 4.69) is 9.97 Å². The van der Waals surface area contributed by atoms with Crippen molar-refractivity contribution in [3.05, 3.63) is 53.1 Å². The molecule has 0 unspecified atom stereocenters. The largest absolute Gasteiger partial charge is 0.393 e. The maximum Gasteiger partial charge on any atom is 0.237 e. The van der Waals surface area contributed by atoms with Crippen molar-refractivity contribution in [2.75, 3.05) is 7.05 Å². The van der Waals surface area contributed by atoms with Crippen LogP contribution in [0.5, 0.6) is 0 Å². The lowest BCUT2D eigenvalue weighted by Gasteiger charge is -2.16. The van der Waals surface area contributed by atoms with Gasteiger partial charge in [0.2, 0.25) is 5.76 Å². The Balaban J connectivity index is 2.03. The van der Waals surface area contributed by atoms with Gasteiger partial charge in [-0.1, -0.05) is 30.3 Å². The minimum absolute atomic E-state index is 0.160. The highest BCUT2D eigenvalue weighted by Crippen LogP contribution is 2.14. The van der Waals surface area contributed by atoms with Crippen molar-refractivity contribution in [1.82, 2.24) is 15.0 Å². The predicted molar refractivity (Wildman–Crippen MR) is 76.2 cm³/mol. The topological polar surface area (TPSA) is 58.2 Å². The number of hydrogen-bond donors (Lipinski definition) is 1. The van der Waals surface area contributed by atoms with E-state index in [1.54, 1.807) is 24.2 Å². The van der Waals surface area contributed by atoms with E-state index in [0.29, 0.717) is 12.1 Å². The van der Waals surface area contributed by atoms with E-state index in [0.717, 1.165) is 17.2 Å². The molecule has 0 saturated heterocycles. The summed E-state index contributed by atoms with van der Waals surface area (Å²) in [6, 6.07) is 9.17. The fraction of sp³-hybridized carbons (Fsp3) is 0.267. The minimum atomic E-state index is 0.160. The number of nitrogens with zero attached hydrogens (tertiary/aromatic N) is 2. The van der Waals surface area contributed by atoms with Crippen molar-refractivity contribution in [3.8, 4) is 0 Å². The van der Waals surface area contributed by atoms with Gasteiger partial charge in [-0.2, -0.15) is 0 Å². The van der Waals surface area contributed by atoms with Crippen LogP contribution in [0.3, 0.4) is 0 Å². The van der Waals surface area contributed by atoms with Crippen LogP contribution in [0.15, 0.2) is 30.3 Å². The first-order valence-corrected chi connectivity index (χ1v) is 6.32. The van der Waals surface area contributed by atoms with E-state index in [1.165, 1.54) is 0 Å². The standard InChI is InChI=1S/C15H17N3O2/c1-11-12(2)17-15(16-11)9-18(3)20-14(10-19)13-7-5-4-6-8-13/h4-8H,9H2,1-3H3,(H,16,17). The van der Waals surface area contributed by atoms with Gasteiger partial charge in [-0.3, -0.25) is 0 Å². The Morgan fingerprint density at radius 3 is 2.60 bits per heavy atom. The monoisotopic (exact) mass is 271 g/mol. The van der Waals surface area contributed by atoms with E-state index < -0.39 is 0 Å². The van der Waals surface area contributed by atoms with Crippen LogP contribution in [0.1, 0.15) is 22.8 Å². The second-order valence-electron chi connectivity index (χ2n) is 4.57. The summed E-state index contributed by atoms with van der Waals surface area (Å²) in [6.45, 7) is 4.36. The summed E-state index contributed by atoms with van der Waals surface area (Å²) in [5.74, 6) is 2.78. The molecule has 0 atom stereocenters. The van der Waals surface area contributed by atoms with Crippen molar-refractivity contribution in [2.24, 2.45) is 0 Å². The SMILES string of the molecule is Cc1nc(CN(C)OC(=C=O)c2ccccc2)[nH]c1C. The Bertz CT molecular complexity index is 608. The fourth-order valence-electron chi connectivity index (χ4n) is 1.81. The van der Waals surface area contributed by atoms with Crippen molar-refractivity contribution < 1.29 is 9.63 Å². The van der Waals surface area contributed by atoms with Gasteiger partial charge in [-0.25, -0.2) is 9.78 Å². The lowest BCUT2D eigenvalue weighted by molar-refractivity contribution is -0.0710. The molecule has 0 aliphatic rings. The molecule has 5 heteroatoms. The zero-order valence-electron chi connectivity index (χ0n) is 11.8. The molecule has 20 heavy (non-hydrogen) atoms. The van der Waals surface area contributed by atoms with Crippen LogP contribution in [0, 0.1) is 13.8 Å². The highest BCUT2D eigenvalue weighted by molar-refractivity contribution is 5.82. The zero-order chi connectivity index (χ0) is 14.5. The summed E-state index contributed by atoms with van der Waals surface area (Å²) in [6.07, 6.45) is 0. The van der Waals surface area contributed by atoms with Gasteiger partial charge >= 0.3 is 0 Å². The summed E-state index contributed by atoms with van der Waals surface area (Å²) >= 11 is 0. The molecule has 0 bridgehead atoms. The average Bonchev–Trinajstić information content (AvgIpc) is 2.75. The average molecular weight is 271 g/mol. The van der Waals surface area contributed by atoms with E-state index in [1.807, 2.05) is 38.0 Å². The molecule has 2 rings (SSSR count). The van der Waals surface area contributed by atoms with Gasteiger partial charge < -0.3 is 9.82 Å². The van der Waals surface area contributed by atoms with E-state index in [4.69, 9.17) is 4.84 Å². The molecule has 1 aromatic heterocycles. The Hall–Kier alpha value is -2.36. The molecule has 2 aromatic rings. The van der Waals surface area contributed by atoms with Crippen LogP contribution in [0.25, 0.3) is 5.76 Å². The van der Waals surface area contributed by atoms with Gasteiger partial charge in [0.25, 0.3) is 0 Å². The first-order chi connectivity index (χ1) is 9.60. The first-order valence-electron chi connectivity index (χ1n) is 6.32. The summed E-state index contributed by atoms with van der Waals surface area (Å²) in [4.78, 5) is 24.1. The number of aromatic amines is 1. The number of benzene rings is 1. The van der Waals surface area contributed by atoms with Crippen LogP contribution >= 0.6 is 0 Å². The molecule has 104 valence electrons. The third-order valence-corrected chi connectivity index (χ3v) is 2.93. The van der Waals surface area contributed by atoms with Crippen LogP contribution in [-0.2, 0) is 16.2 Å². The smallest absolute Gasteiger partial charge is 0.237 e. The predicted octanol–water partition coefficient (Wildman–Crippen LogP) is 2.26. The number of aromatic nitrogens is 2. The van der Waals surface area contributed by atoms with E-state index in [9.17, 15) is 4.79 Å². The molecule has 1 N–H and O–H groups in total. The molecule has 1 heterocycles. The highest BCUT2D eigenvalue weighted by Gasteiger charge is 2.11. The number of carbonyl (C=O) groups excluding carboxylic acids is 1. The van der Waals surface area contributed by atoms with Gasteiger partial charge in [0.1, 0.15) is 5.82 Å². The van der Waals surface area contributed by atoms with Crippen LogP contribution < -0.4 is 0 Å². The van der Waals surface area contributed by atoms with Gasteiger partial charge in [-0.15, -0.1) is 5.06 Å². The number of imidazole rings is 1. The Morgan fingerprint density at radius 1 is 1.35 bits per heavy atom. The molecule has 0 radical (unpaired) electrons. The molecule has 0 amide bonds. The van der Waals surface area contributed by atoms with Gasteiger partial charge in [0.05, 0.1) is 12.2 Å². The van der Waals surface area contributed by atoms with Crippen molar-refractivity contribution in [1.29, 1.82) is 0 Å². The number of H-pyrrole nitrogens is 1. The molecule has 5 nitrogen and oxygen atoms in total. The quantitative estimate of drug-likeness (QED) is 0.515. The molecular weight excluding hydrogens is 254 g/mol. The number of aryl methyl sites for hydroxylation is 2. The second-order valence-corrected chi connectivity index (χ2v) is 4.57. The summed E-state index contributed by atoms with van der Waals surface area (Å²) in [5.41, 5.74) is 2.69. The molecular formula is C15H17N3O2. The number of hydroxylamine groups is 2. The van der Waals surface area contributed by atoms with E-state index >= 15 is 0 Å². The van der Waals surface area contributed by atoms with Gasteiger partial charge in [0.15, 0.2) is 5.94 Å². The molecule has 0 saturated carbocycles. The van der Waals surface area contributed by atoms with Gasteiger partial charge in [-0.05, 0) is 13.8 Å². The Labute approximate surface area is 117 Å². The fourth-order valence-corrected chi connectivity index (χ4v) is 1.81. The van der Waals surface area contributed by atoms with Crippen molar-refractivity contribution >= 4 is 11.7 Å². The number of nitrogens with one attached hydrogen (secondary N) is 1. The van der Waals surface area contributed by atoms with Crippen molar-refractivity contribution in [2.45, 2.75) is 20.4 Å². The van der Waals surface area contributed by atoms with Crippen LogP contribution in [0.4, 0.5) is 0 Å². The summed E-state index contributed by atoms with van der Waals surface area (Å²) in [7, 11) is 1.74. The lowest BCUT2D eigenvalue weighted by Crippen LogP contribution is -2.18. The normalized spacial score (nSPS) is 10.4. The Kier molecular flexibility index (Phi) is 4.35. The molecule has 0 fully saturated rings. The maximum absolute atomic E-state index is 11.0. The summed E-state index contributed by atoms with van der Waals surface area (Å²) in [5, 5.41) is 1.55. The maximum atomic E-state index is 11.0. The van der Waals surface area contributed by atoms with Crippen LogP contribution in [0.2, 0.25) is 0 Å². The van der Waals surface area contributed by atoms with E-state index in [-0.39, 0.29) is 5.76 Å². The zero-order valence-corrected chi connectivity index (χ0v) is 11.8. The number of hydrogen-bond acceptors (Lipinski definition) is 4. The molecule has 0 spiro atoms. The number of rotatable bonds is 5. The Morgan fingerprint density at radius 2 is 2.05 bits per heavy atom. The van der Waals surface area contributed by atoms with Crippen molar-refractivity contribution in [3.63, 3.8) is 0 Å². The van der Waals surface area contributed by atoms with Gasteiger partial charge in [0, 0.05) is 18.3 Å². The first kappa shape index (κ1) is 14.1. The third-order valence-electron chi connectivity index (χ3n) is 2.93.